The Bertz CT molecular complexity index is 931. The SMILES string of the molecule is Cc1c(C(=O)N(Cc2ccc(F)cc2)C(C(=O)O)C(C)C)ccc2c1B(O)OC2. The molecule has 1 unspecified atom stereocenters. The summed E-state index contributed by atoms with van der Waals surface area (Å²) in [6, 6.07) is 7.89. The van der Waals surface area contributed by atoms with Gasteiger partial charge in [0.05, 0.1) is 6.61 Å². The fourth-order valence-corrected chi connectivity index (χ4v) is 3.75. The Morgan fingerprint density at radius 2 is 1.86 bits per heavy atom. The van der Waals surface area contributed by atoms with Crippen LogP contribution in [0.1, 0.15) is 40.9 Å². The molecule has 2 aromatic carbocycles. The first kappa shape index (κ1) is 21.0. The number of carboxylic acids is 1. The quantitative estimate of drug-likeness (QED) is 0.727. The summed E-state index contributed by atoms with van der Waals surface area (Å²) in [5, 5.41) is 19.9. The highest BCUT2D eigenvalue weighted by Crippen LogP contribution is 2.23. The Hall–Kier alpha value is -2.71. The number of hydrogen-bond acceptors (Lipinski definition) is 4. The number of benzene rings is 2. The lowest BCUT2D eigenvalue weighted by atomic mass is 9.75. The number of nitrogens with zero attached hydrogens (tertiary/aromatic N) is 1. The summed E-state index contributed by atoms with van der Waals surface area (Å²) >= 11 is 0. The third-order valence-electron chi connectivity index (χ3n) is 5.23. The predicted octanol–water partition coefficient (Wildman–Crippen LogP) is 2.10. The molecular formula is C21H23BFNO5. The molecular weight excluding hydrogens is 376 g/mol. The molecule has 1 heterocycles. The van der Waals surface area contributed by atoms with Crippen molar-refractivity contribution >= 4 is 24.5 Å². The van der Waals surface area contributed by atoms with Crippen LogP contribution in [-0.2, 0) is 22.6 Å². The van der Waals surface area contributed by atoms with Crippen molar-refractivity contribution in [3.05, 3.63) is 64.5 Å². The van der Waals surface area contributed by atoms with Crippen LogP contribution in [-0.4, -0.2) is 40.1 Å². The smallest absolute Gasteiger partial charge is 0.480 e. The van der Waals surface area contributed by atoms with Gasteiger partial charge < -0.3 is 19.7 Å². The molecule has 29 heavy (non-hydrogen) atoms. The fraction of sp³-hybridized carbons (Fsp3) is 0.333. The summed E-state index contributed by atoms with van der Waals surface area (Å²) in [6.07, 6.45) is 0. The highest BCUT2D eigenvalue weighted by Gasteiger charge is 2.36. The Morgan fingerprint density at radius 1 is 1.21 bits per heavy atom. The maximum atomic E-state index is 13.5. The van der Waals surface area contributed by atoms with Crippen molar-refractivity contribution in [2.45, 2.75) is 40.0 Å². The second-order valence-electron chi connectivity index (χ2n) is 7.56. The fourth-order valence-electron chi connectivity index (χ4n) is 3.75. The van der Waals surface area contributed by atoms with Gasteiger partial charge in [0.2, 0.25) is 0 Å². The maximum Gasteiger partial charge on any atom is 0.492 e. The summed E-state index contributed by atoms with van der Waals surface area (Å²) in [4.78, 5) is 26.7. The van der Waals surface area contributed by atoms with E-state index in [0.29, 0.717) is 22.2 Å². The third kappa shape index (κ3) is 4.18. The normalized spacial score (nSPS) is 14.1. The minimum Gasteiger partial charge on any atom is -0.480 e. The second kappa shape index (κ2) is 8.35. The van der Waals surface area contributed by atoms with Crippen LogP contribution in [0.25, 0.3) is 0 Å². The number of aliphatic carboxylic acids is 1. The van der Waals surface area contributed by atoms with Crippen LogP contribution in [0, 0.1) is 18.7 Å². The van der Waals surface area contributed by atoms with Crippen molar-refractivity contribution in [1.82, 2.24) is 4.90 Å². The van der Waals surface area contributed by atoms with E-state index in [-0.39, 0.29) is 19.1 Å². The average Bonchev–Trinajstić information content (AvgIpc) is 3.04. The Balaban J connectivity index is 2.03. The lowest BCUT2D eigenvalue weighted by molar-refractivity contribution is -0.144. The van der Waals surface area contributed by atoms with Crippen LogP contribution in [0.2, 0.25) is 0 Å². The van der Waals surface area contributed by atoms with Gasteiger partial charge in [-0.3, -0.25) is 4.79 Å². The molecule has 1 aliphatic heterocycles. The highest BCUT2D eigenvalue weighted by atomic mass is 19.1. The van der Waals surface area contributed by atoms with E-state index in [9.17, 15) is 24.1 Å². The van der Waals surface area contributed by atoms with E-state index in [1.807, 2.05) is 0 Å². The molecule has 1 aliphatic rings. The first-order chi connectivity index (χ1) is 13.7. The van der Waals surface area contributed by atoms with Crippen LogP contribution in [0.4, 0.5) is 4.39 Å². The lowest BCUT2D eigenvalue weighted by Crippen LogP contribution is -2.48. The summed E-state index contributed by atoms with van der Waals surface area (Å²) in [5.41, 5.74) is 2.84. The van der Waals surface area contributed by atoms with Gasteiger partial charge >= 0.3 is 13.1 Å². The lowest BCUT2D eigenvalue weighted by Gasteiger charge is -2.32. The van der Waals surface area contributed by atoms with Crippen molar-refractivity contribution in [3.63, 3.8) is 0 Å². The molecule has 2 aromatic rings. The molecule has 1 atom stereocenters. The topological polar surface area (TPSA) is 87.1 Å². The van der Waals surface area contributed by atoms with Crippen LogP contribution < -0.4 is 5.46 Å². The number of carboxylic acid groups (broad SMARTS) is 1. The van der Waals surface area contributed by atoms with E-state index in [1.165, 1.54) is 29.2 Å². The van der Waals surface area contributed by atoms with Crippen molar-refractivity contribution in [1.29, 1.82) is 0 Å². The van der Waals surface area contributed by atoms with Gasteiger partial charge in [-0.2, -0.15) is 0 Å². The van der Waals surface area contributed by atoms with Gasteiger partial charge in [-0.25, -0.2) is 9.18 Å². The number of rotatable bonds is 6. The molecule has 8 heteroatoms. The largest absolute Gasteiger partial charge is 0.492 e. The van der Waals surface area contributed by atoms with Gasteiger partial charge in [0.1, 0.15) is 11.9 Å². The molecule has 0 radical (unpaired) electrons. The summed E-state index contributed by atoms with van der Waals surface area (Å²) in [5.74, 6) is -2.33. The van der Waals surface area contributed by atoms with Gasteiger partial charge in [-0.05, 0) is 53.2 Å². The van der Waals surface area contributed by atoms with Gasteiger partial charge in [0.25, 0.3) is 5.91 Å². The summed E-state index contributed by atoms with van der Waals surface area (Å²) in [6.45, 7) is 5.46. The minimum atomic E-state index is -1.11. The third-order valence-corrected chi connectivity index (χ3v) is 5.23. The summed E-state index contributed by atoms with van der Waals surface area (Å²) in [7, 11) is -1.11. The zero-order valence-electron chi connectivity index (χ0n) is 16.6. The molecule has 0 saturated heterocycles. The first-order valence-electron chi connectivity index (χ1n) is 9.41. The second-order valence-corrected chi connectivity index (χ2v) is 7.56. The average molecular weight is 399 g/mol. The molecule has 0 fully saturated rings. The first-order valence-corrected chi connectivity index (χ1v) is 9.41. The van der Waals surface area contributed by atoms with Gasteiger partial charge in [-0.1, -0.05) is 32.0 Å². The van der Waals surface area contributed by atoms with Gasteiger partial charge in [0, 0.05) is 12.1 Å². The molecule has 0 bridgehead atoms. The van der Waals surface area contributed by atoms with E-state index >= 15 is 0 Å². The zero-order chi connectivity index (χ0) is 21.3. The number of carbonyl (C=O) groups is 2. The molecule has 0 aromatic heterocycles. The standard InChI is InChI=1S/C21H23BFNO5/c1-12(2)19(21(26)27)24(10-14-4-7-16(23)8-5-14)20(25)17-9-6-15-11-29-22(28)18(15)13(17)3/h4-9,12,19,28H,10-11H2,1-3H3,(H,26,27). The van der Waals surface area contributed by atoms with Crippen molar-refractivity contribution < 1.29 is 28.8 Å². The molecule has 152 valence electrons. The van der Waals surface area contributed by atoms with Crippen molar-refractivity contribution in [2.75, 3.05) is 0 Å². The highest BCUT2D eigenvalue weighted by molar-refractivity contribution is 6.62. The predicted molar refractivity (Wildman–Crippen MR) is 106 cm³/mol. The zero-order valence-corrected chi connectivity index (χ0v) is 16.6. The molecule has 0 spiro atoms. The molecule has 3 rings (SSSR count). The Morgan fingerprint density at radius 3 is 2.45 bits per heavy atom. The van der Waals surface area contributed by atoms with Crippen LogP contribution in [0.3, 0.4) is 0 Å². The monoisotopic (exact) mass is 399 g/mol. The number of fused-ring (bicyclic) bond motifs is 1. The van der Waals surface area contributed by atoms with Gasteiger partial charge in [0.15, 0.2) is 0 Å². The van der Waals surface area contributed by atoms with E-state index in [4.69, 9.17) is 4.65 Å². The minimum absolute atomic E-state index is 0.0177. The Kier molecular flexibility index (Phi) is 6.05. The molecule has 6 nitrogen and oxygen atoms in total. The van der Waals surface area contributed by atoms with E-state index in [1.54, 1.807) is 32.9 Å². The van der Waals surface area contributed by atoms with Crippen LogP contribution in [0.15, 0.2) is 36.4 Å². The number of halogens is 1. The van der Waals surface area contributed by atoms with Crippen LogP contribution in [0.5, 0.6) is 0 Å². The summed E-state index contributed by atoms with van der Waals surface area (Å²) < 4.78 is 18.5. The maximum absolute atomic E-state index is 13.5. The molecule has 1 amide bonds. The molecule has 0 aliphatic carbocycles. The van der Waals surface area contributed by atoms with Crippen LogP contribution >= 0.6 is 0 Å². The molecule has 2 N–H and O–H groups in total. The molecule has 0 saturated carbocycles. The van der Waals surface area contributed by atoms with E-state index < -0.39 is 30.9 Å². The number of amides is 1. The van der Waals surface area contributed by atoms with E-state index in [0.717, 1.165) is 5.56 Å². The Labute approximate surface area is 169 Å². The van der Waals surface area contributed by atoms with Gasteiger partial charge in [-0.15, -0.1) is 0 Å². The number of hydrogen-bond donors (Lipinski definition) is 2. The van der Waals surface area contributed by atoms with Crippen molar-refractivity contribution in [3.8, 4) is 0 Å². The van der Waals surface area contributed by atoms with Crippen molar-refractivity contribution in [2.24, 2.45) is 5.92 Å². The van der Waals surface area contributed by atoms with E-state index in [2.05, 4.69) is 0 Å². The number of carbonyl (C=O) groups excluding carboxylic acids is 1.